The number of rotatable bonds is 10. The highest BCUT2D eigenvalue weighted by atomic mass is 14.9. The number of nitrogens with zero attached hydrogens (tertiary/aromatic N) is 1. The molecule has 0 amide bonds. The highest BCUT2D eigenvalue weighted by Gasteiger charge is 2.17. The van der Waals surface area contributed by atoms with Crippen LogP contribution in [0, 0.1) is 12.8 Å². The van der Waals surface area contributed by atoms with Crippen LogP contribution in [0.5, 0.6) is 0 Å². The van der Waals surface area contributed by atoms with Crippen molar-refractivity contribution in [1.29, 1.82) is 0 Å². The Labute approximate surface area is 125 Å². The van der Waals surface area contributed by atoms with E-state index in [0.717, 1.165) is 12.5 Å². The van der Waals surface area contributed by atoms with E-state index >= 15 is 0 Å². The molecule has 2 unspecified atom stereocenters. The average Bonchev–Trinajstić information content (AvgIpc) is 2.46. The molecular formula is C18H32N2. The molecule has 1 N–H and O–H groups in total. The standard InChI is InChI=1S/C18H32N2/c1-5-8-9-16(7-3)14-18(19-11-6-2)17-13-15(4)10-12-20-17/h10,12-13,16,18-19H,5-9,11,14H2,1-4H3. The third-order valence-electron chi connectivity index (χ3n) is 4.05. The van der Waals surface area contributed by atoms with Crippen molar-refractivity contribution in [3.8, 4) is 0 Å². The normalized spacial score (nSPS) is 14.2. The molecule has 0 aliphatic heterocycles. The quantitative estimate of drug-likeness (QED) is 0.648. The van der Waals surface area contributed by atoms with Gasteiger partial charge in [0.05, 0.1) is 5.69 Å². The fourth-order valence-corrected chi connectivity index (χ4v) is 2.69. The predicted molar refractivity (Wildman–Crippen MR) is 87.9 cm³/mol. The van der Waals surface area contributed by atoms with Gasteiger partial charge in [-0.05, 0) is 49.9 Å². The molecule has 0 radical (unpaired) electrons. The number of aryl methyl sites for hydroxylation is 1. The molecule has 1 aromatic rings. The van der Waals surface area contributed by atoms with E-state index < -0.39 is 0 Å². The summed E-state index contributed by atoms with van der Waals surface area (Å²) in [5.74, 6) is 0.812. The van der Waals surface area contributed by atoms with Crippen LogP contribution in [0.25, 0.3) is 0 Å². The van der Waals surface area contributed by atoms with Gasteiger partial charge in [0, 0.05) is 12.2 Å². The lowest BCUT2D eigenvalue weighted by Crippen LogP contribution is -2.25. The summed E-state index contributed by atoms with van der Waals surface area (Å²) in [5, 5.41) is 3.69. The zero-order valence-electron chi connectivity index (χ0n) is 13.8. The summed E-state index contributed by atoms with van der Waals surface area (Å²) in [6, 6.07) is 4.73. The summed E-state index contributed by atoms with van der Waals surface area (Å²) in [7, 11) is 0. The fraction of sp³-hybridized carbons (Fsp3) is 0.722. The lowest BCUT2D eigenvalue weighted by atomic mass is 9.90. The molecule has 0 spiro atoms. The third kappa shape index (κ3) is 6.04. The predicted octanol–water partition coefficient (Wildman–Crippen LogP) is 5.04. The van der Waals surface area contributed by atoms with Crippen LogP contribution < -0.4 is 5.32 Å². The van der Waals surface area contributed by atoms with Crippen LogP contribution in [-0.2, 0) is 0 Å². The van der Waals surface area contributed by atoms with E-state index in [1.165, 1.54) is 49.8 Å². The van der Waals surface area contributed by atoms with E-state index in [1.54, 1.807) is 0 Å². The summed E-state index contributed by atoms with van der Waals surface area (Å²) in [4.78, 5) is 4.60. The first-order chi connectivity index (χ1) is 9.71. The molecule has 2 heteroatoms. The Morgan fingerprint density at radius 3 is 2.60 bits per heavy atom. The molecule has 0 saturated carbocycles. The molecule has 1 heterocycles. The van der Waals surface area contributed by atoms with Gasteiger partial charge < -0.3 is 5.32 Å². The summed E-state index contributed by atoms with van der Waals surface area (Å²) in [6.45, 7) is 10.0. The Morgan fingerprint density at radius 2 is 2.00 bits per heavy atom. The molecule has 0 fully saturated rings. The van der Waals surface area contributed by atoms with Gasteiger partial charge in [0.2, 0.25) is 0 Å². The second-order valence-electron chi connectivity index (χ2n) is 5.92. The average molecular weight is 276 g/mol. The molecule has 0 aromatic carbocycles. The molecule has 0 saturated heterocycles. The summed E-state index contributed by atoms with van der Waals surface area (Å²) >= 11 is 0. The maximum absolute atomic E-state index is 4.60. The zero-order chi connectivity index (χ0) is 14.8. The van der Waals surface area contributed by atoms with Crippen molar-refractivity contribution in [1.82, 2.24) is 10.3 Å². The largest absolute Gasteiger partial charge is 0.309 e. The Morgan fingerprint density at radius 1 is 1.20 bits per heavy atom. The molecule has 20 heavy (non-hydrogen) atoms. The number of hydrogen-bond donors (Lipinski definition) is 1. The first-order valence-electron chi connectivity index (χ1n) is 8.37. The van der Waals surface area contributed by atoms with Crippen molar-refractivity contribution in [2.45, 2.75) is 72.3 Å². The van der Waals surface area contributed by atoms with Crippen LogP contribution >= 0.6 is 0 Å². The molecule has 1 aromatic heterocycles. The Balaban J connectivity index is 2.72. The van der Waals surface area contributed by atoms with Crippen molar-refractivity contribution in [2.75, 3.05) is 6.54 Å². The number of pyridine rings is 1. The van der Waals surface area contributed by atoms with E-state index in [0.29, 0.717) is 6.04 Å². The second-order valence-corrected chi connectivity index (χ2v) is 5.92. The van der Waals surface area contributed by atoms with Gasteiger partial charge in [0.25, 0.3) is 0 Å². The SMILES string of the molecule is CCCCC(CC)CC(NCCC)c1cc(C)ccn1. The molecular weight excluding hydrogens is 244 g/mol. The number of hydrogen-bond acceptors (Lipinski definition) is 2. The smallest absolute Gasteiger partial charge is 0.0575 e. The number of aromatic nitrogens is 1. The lowest BCUT2D eigenvalue weighted by Gasteiger charge is -2.24. The van der Waals surface area contributed by atoms with Crippen molar-refractivity contribution in [3.05, 3.63) is 29.6 Å². The van der Waals surface area contributed by atoms with Crippen molar-refractivity contribution in [3.63, 3.8) is 0 Å². The van der Waals surface area contributed by atoms with Gasteiger partial charge in [-0.2, -0.15) is 0 Å². The van der Waals surface area contributed by atoms with E-state index in [9.17, 15) is 0 Å². The first-order valence-corrected chi connectivity index (χ1v) is 8.37. The Bertz CT molecular complexity index is 362. The monoisotopic (exact) mass is 276 g/mol. The van der Waals surface area contributed by atoms with Crippen molar-refractivity contribution >= 4 is 0 Å². The first kappa shape index (κ1) is 17.2. The van der Waals surface area contributed by atoms with Crippen LogP contribution in [0.2, 0.25) is 0 Å². The molecule has 2 atom stereocenters. The van der Waals surface area contributed by atoms with E-state index in [1.807, 2.05) is 6.20 Å². The summed E-state index contributed by atoms with van der Waals surface area (Å²) in [5.41, 5.74) is 2.52. The van der Waals surface area contributed by atoms with E-state index in [4.69, 9.17) is 0 Å². The topological polar surface area (TPSA) is 24.9 Å². The van der Waals surface area contributed by atoms with Gasteiger partial charge in [-0.3, -0.25) is 4.98 Å². The van der Waals surface area contributed by atoms with Gasteiger partial charge in [-0.15, -0.1) is 0 Å². The highest BCUT2D eigenvalue weighted by molar-refractivity contribution is 5.17. The van der Waals surface area contributed by atoms with Gasteiger partial charge in [-0.25, -0.2) is 0 Å². The molecule has 1 rings (SSSR count). The molecule has 0 bridgehead atoms. The fourth-order valence-electron chi connectivity index (χ4n) is 2.69. The van der Waals surface area contributed by atoms with Crippen LogP contribution in [0.3, 0.4) is 0 Å². The van der Waals surface area contributed by atoms with Crippen LogP contribution in [0.1, 0.15) is 76.6 Å². The summed E-state index contributed by atoms with van der Waals surface area (Å²) < 4.78 is 0. The molecule has 114 valence electrons. The lowest BCUT2D eigenvalue weighted by molar-refractivity contribution is 0.349. The van der Waals surface area contributed by atoms with Crippen LogP contribution in [-0.4, -0.2) is 11.5 Å². The minimum Gasteiger partial charge on any atom is -0.309 e. The zero-order valence-corrected chi connectivity index (χ0v) is 13.8. The molecule has 0 aliphatic carbocycles. The highest BCUT2D eigenvalue weighted by Crippen LogP contribution is 2.26. The molecule has 2 nitrogen and oxygen atoms in total. The van der Waals surface area contributed by atoms with E-state index in [-0.39, 0.29) is 0 Å². The molecule has 0 aliphatic rings. The number of nitrogens with one attached hydrogen (secondary N) is 1. The second kappa shape index (κ2) is 9.93. The minimum atomic E-state index is 0.414. The summed E-state index contributed by atoms with van der Waals surface area (Å²) in [6.07, 6.45) is 9.60. The van der Waals surface area contributed by atoms with Crippen LogP contribution in [0.15, 0.2) is 18.3 Å². The van der Waals surface area contributed by atoms with Gasteiger partial charge in [-0.1, -0.05) is 46.5 Å². The van der Waals surface area contributed by atoms with Gasteiger partial charge in [0.15, 0.2) is 0 Å². The maximum Gasteiger partial charge on any atom is 0.0575 e. The Kier molecular flexibility index (Phi) is 8.52. The maximum atomic E-state index is 4.60. The van der Waals surface area contributed by atoms with Crippen LogP contribution in [0.4, 0.5) is 0 Å². The Hall–Kier alpha value is -0.890. The third-order valence-corrected chi connectivity index (χ3v) is 4.05. The van der Waals surface area contributed by atoms with Crippen molar-refractivity contribution < 1.29 is 0 Å². The van der Waals surface area contributed by atoms with E-state index in [2.05, 4.69) is 50.1 Å². The van der Waals surface area contributed by atoms with Crippen molar-refractivity contribution in [2.24, 2.45) is 5.92 Å². The van der Waals surface area contributed by atoms with Gasteiger partial charge in [0.1, 0.15) is 0 Å². The minimum absolute atomic E-state index is 0.414. The number of unbranched alkanes of at least 4 members (excludes halogenated alkanes) is 1. The van der Waals surface area contributed by atoms with Gasteiger partial charge >= 0.3 is 0 Å².